The topological polar surface area (TPSA) is 49.4 Å². The molecule has 1 N–H and O–H groups in total. The van der Waals surface area contributed by atoms with Crippen LogP contribution in [-0.2, 0) is 22.4 Å². The largest absolute Gasteiger partial charge is 0.352 e. The summed E-state index contributed by atoms with van der Waals surface area (Å²) in [5.41, 5.74) is 3.70. The molecule has 0 spiro atoms. The molecule has 27 heavy (non-hydrogen) atoms. The van der Waals surface area contributed by atoms with E-state index in [-0.39, 0.29) is 29.8 Å². The molecule has 1 fully saturated rings. The van der Waals surface area contributed by atoms with Crippen molar-refractivity contribution in [2.45, 2.75) is 44.7 Å². The van der Waals surface area contributed by atoms with Gasteiger partial charge in [-0.2, -0.15) is 0 Å². The van der Waals surface area contributed by atoms with Crippen LogP contribution < -0.4 is 5.32 Å². The summed E-state index contributed by atoms with van der Waals surface area (Å²) in [6, 6.07) is 18.3. The third-order valence-corrected chi connectivity index (χ3v) is 5.92. The SMILES string of the molecule is CCN1C(=O)CC[C@@H](C(=O)NC2Cc3ccccc3C2)[C@@H]1c1ccccc1. The van der Waals surface area contributed by atoms with Gasteiger partial charge in [-0.05, 0) is 42.9 Å². The molecule has 140 valence electrons. The molecule has 2 aliphatic rings. The zero-order valence-corrected chi connectivity index (χ0v) is 15.7. The van der Waals surface area contributed by atoms with Gasteiger partial charge in [0.2, 0.25) is 11.8 Å². The smallest absolute Gasteiger partial charge is 0.225 e. The van der Waals surface area contributed by atoms with Crippen LogP contribution in [0.3, 0.4) is 0 Å². The van der Waals surface area contributed by atoms with Crippen molar-refractivity contribution in [2.75, 3.05) is 6.54 Å². The van der Waals surface area contributed by atoms with Gasteiger partial charge in [-0.3, -0.25) is 9.59 Å². The second kappa shape index (κ2) is 7.55. The number of likely N-dealkylation sites (tertiary alicyclic amines) is 1. The molecule has 4 heteroatoms. The number of piperidine rings is 1. The van der Waals surface area contributed by atoms with Gasteiger partial charge in [0.25, 0.3) is 0 Å². The van der Waals surface area contributed by atoms with Crippen LogP contribution >= 0.6 is 0 Å². The van der Waals surface area contributed by atoms with E-state index >= 15 is 0 Å². The fourth-order valence-electron chi connectivity index (χ4n) is 4.63. The summed E-state index contributed by atoms with van der Waals surface area (Å²) in [5, 5.41) is 3.28. The molecule has 2 atom stereocenters. The first-order valence-electron chi connectivity index (χ1n) is 9.89. The average molecular weight is 362 g/mol. The van der Waals surface area contributed by atoms with Gasteiger partial charge in [0.1, 0.15) is 0 Å². The van der Waals surface area contributed by atoms with Gasteiger partial charge in [-0.25, -0.2) is 0 Å². The number of carbonyl (C=O) groups excluding carboxylic acids is 2. The Bertz CT molecular complexity index is 808. The van der Waals surface area contributed by atoms with E-state index in [2.05, 4.69) is 29.6 Å². The molecular formula is C23H26N2O2. The van der Waals surface area contributed by atoms with E-state index in [1.807, 2.05) is 42.2 Å². The lowest BCUT2D eigenvalue weighted by molar-refractivity contribution is -0.143. The highest BCUT2D eigenvalue weighted by atomic mass is 16.2. The number of rotatable bonds is 4. The molecule has 4 nitrogen and oxygen atoms in total. The summed E-state index contributed by atoms with van der Waals surface area (Å²) in [4.78, 5) is 27.5. The van der Waals surface area contributed by atoms with Gasteiger partial charge < -0.3 is 10.2 Å². The Balaban J connectivity index is 1.53. The van der Waals surface area contributed by atoms with Crippen LogP contribution in [0.5, 0.6) is 0 Å². The lowest BCUT2D eigenvalue weighted by Gasteiger charge is -2.40. The van der Waals surface area contributed by atoms with Crippen molar-refractivity contribution >= 4 is 11.8 Å². The minimum absolute atomic E-state index is 0.0765. The maximum Gasteiger partial charge on any atom is 0.225 e. The van der Waals surface area contributed by atoms with E-state index in [4.69, 9.17) is 0 Å². The molecule has 0 saturated carbocycles. The summed E-state index contributed by atoms with van der Waals surface area (Å²) in [7, 11) is 0. The number of nitrogens with zero attached hydrogens (tertiary/aromatic N) is 1. The number of hydrogen-bond donors (Lipinski definition) is 1. The van der Waals surface area contributed by atoms with Crippen molar-refractivity contribution in [3.05, 3.63) is 71.3 Å². The van der Waals surface area contributed by atoms with Gasteiger partial charge in [0.05, 0.1) is 12.0 Å². The molecule has 0 unspecified atom stereocenters. The monoisotopic (exact) mass is 362 g/mol. The first-order chi connectivity index (χ1) is 13.2. The van der Waals surface area contributed by atoms with Crippen LogP contribution in [0.1, 0.15) is 42.5 Å². The standard InChI is InChI=1S/C23H26N2O2/c1-2-25-21(26)13-12-20(22(25)16-8-4-3-5-9-16)23(27)24-19-14-17-10-6-7-11-18(17)15-19/h3-11,19-20,22H,2,12-15H2,1H3,(H,24,27)/t20-,22+/m1/s1. The van der Waals surface area contributed by atoms with Crippen LogP contribution in [0.25, 0.3) is 0 Å². The van der Waals surface area contributed by atoms with Crippen molar-refractivity contribution in [2.24, 2.45) is 5.92 Å². The molecule has 1 saturated heterocycles. The van der Waals surface area contributed by atoms with Crippen molar-refractivity contribution in [3.63, 3.8) is 0 Å². The van der Waals surface area contributed by atoms with E-state index in [0.29, 0.717) is 19.4 Å². The van der Waals surface area contributed by atoms with Crippen LogP contribution in [-0.4, -0.2) is 29.3 Å². The van der Waals surface area contributed by atoms with Crippen molar-refractivity contribution < 1.29 is 9.59 Å². The Morgan fingerprint density at radius 1 is 1.04 bits per heavy atom. The predicted molar refractivity (Wildman–Crippen MR) is 105 cm³/mol. The minimum Gasteiger partial charge on any atom is -0.352 e. The van der Waals surface area contributed by atoms with E-state index in [1.165, 1.54) is 11.1 Å². The zero-order valence-electron chi connectivity index (χ0n) is 15.7. The second-order valence-electron chi connectivity index (χ2n) is 7.56. The Morgan fingerprint density at radius 2 is 1.67 bits per heavy atom. The summed E-state index contributed by atoms with van der Waals surface area (Å²) in [6.45, 7) is 2.61. The molecule has 4 rings (SSSR count). The maximum absolute atomic E-state index is 13.2. The molecule has 1 aliphatic carbocycles. The quantitative estimate of drug-likeness (QED) is 0.907. The molecule has 0 radical (unpaired) electrons. The molecule has 2 aromatic rings. The Kier molecular flexibility index (Phi) is 4.97. The molecule has 0 aromatic heterocycles. The fraction of sp³-hybridized carbons (Fsp3) is 0.391. The van der Waals surface area contributed by atoms with Crippen LogP contribution in [0.4, 0.5) is 0 Å². The Hall–Kier alpha value is -2.62. The Labute approximate surface area is 160 Å². The number of hydrogen-bond acceptors (Lipinski definition) is 2. The first-order valence-corrected chi connectivity index (χ1v) is 9.89. The average Bonchev–Trinajstić information content (AvgIpc) is 3.10. The Morgan fingerprint density at radius 3 is 2.30 bits per heavy atom. The van der Waals surface area contributed by atoms with Crippen molar-refractivity contribution in [3.8, 4) is 0 Å². The highest BCUT2D eigenvalue weighted by molar-refractivity contribution is 5.85. The molecular weight excluding hydrogens is 336 g/mol. The van der Waals surface area contributed by atoms with Crippen molar-refractivity contribution in [1.82, 2.24) is 10.2 Å². The first kappa shape index (κ1) is 17.8. The highest BCUT2D eigenvalue weighted by Gasteiger charge is 2.40. The molecule has 2 amide bonds. The predicted octanol–water partition coefficient (Wildman–Crippen LogP) is 3.27. The molecule has 0 bridgehead atoms. The second-order valence-corrected chi connectivity index (χ2v) is 7.56. The van der Waals surface area contributed by atoms with Gasteiger partial charge >= 0.3 is 0 Å². The lowest BCUT2D eigenvalue weighted by Crippen LogP contribution is -2.49. The molecule has 1 aliphatic heterocycles. The van der Waals surface area contributed by atoms with Crippen molar-refractivity contribution in [1.29, 1.82) is 0 Å². The van der Waals surface area contributed by atoms with Crippen LogP contribution in [0.2, 0.25) is 0 Å². The summed E-state index contributed by atoms with van der Waals surface area (Å²) in [5.74, 6) is 0.0186. The van der Waals surface area contributed by atoms with E-state index in [0.717, 1.165) is 18.4 Å². The number of nitrogens with one attached hydrogen (secondary N) is 1. The maximum atomic E-state index is 13.2. The number of benzene rings is 2. The zero-order chi connectivity index (χ0) is 18.8. The fourth-order valence-corrected chi connectivity index (χ4v) is 4.63. The number of amides is 2. The summed E-state index contributed by atoms with van der Waals surface area (Å²) in [6.07, 6.45) is 2.84. The molecule has 2 aromatic carbocycles. The summed E-state index contributed by atoms with van der Waals surface area (Å²) < 4.78 is 0. The van der Waals surface area contributed by atoms with Gasteiger partial charge in [-0.15, -0.1) is 0 Å². The van der Waals surface area contributed by atoms with Gasteiger partial charge in [0.15, 0.2) is 0 Å². The third-order valence-electron chi connectivity index (χ3n) is 5.92. The lowest BCUT2D eigenvalue weighted by atomic mass is 9.83. The number of fused-ring (bicyclic) bond motifs is 1. The van der Waals surface area contributed by atoms with E-state index in [1.54, 1.807) is 0 Å². The van der Waals surface area contributed by atoms with Gasteiger partial charge in [0, 0.05) is 19.0 Å². The van der Waals surface area contributed by atoms with E-state index in [9.17, 15) is 9.59 Å². The van der Waals surface area contributed by atoms with Gasteiger partial charge in [-0.1, -0.05) is 54.6 Å². The van der Waals surface area contributed by atoms with E-state index < -0.39 is 0 Å². The van der Waals surface area contributed by atoms with Crippen LogP contribution in [0.15, 0.2) is 54.6 Å². The molecule has 1 heterocycles. The third kappa shape index (κ3) is 3.48. The minimum atomic E-state index is -0.200. The number of carbonyl (C=O) groups is 2. The normalized spacial score (nSPS) is 22.6. The van der Waals surface area contributed by atoms with Crippen LogP contribution in [0, 0.1) is 5.92 Å². The highest BCUT2D eigenvalue weighted by Crippen LogP contribution is 2.37. The summed E-state index contributed by atoms with van der Waals surface area (Å²) >= 11 is 0.